The molecule has 0 aliphatic carbocycles. The van der Waals surface area contributed by atoms with Gasteiger partial charge in [0.25, 0.3) is 0 Å². The molecular weight excluding hydrogens is 369 g/mol. The van der Waals surface area contributed by atoms with Crippen molar-refractivity contribution >= 4 is 57.2 Å². The van der Waals surface area contributed by atoms with Crippen LogP contribution >= 0.6 is 23.2 Å². The summed E-state index contributed by atoms with van der Waals surface area (Å²) >= 11 is 12.2. The molecule has 0 unspecified atom stereocenters. The molecule has 0 saturated heterocycles. The molecule has 128 valence electrons. The number of nitrogens with one attached hydrogen (secondary N) is 2. The zero-order valence-corrected chi connectivity index (χ0v) is 15.0. The molecule has 4 aromatic rings. The molecule has 0 aliphatic rings. The summed E-state index contributed by atoms with van der Waals surface area (Å²) in [5, 5.41) is 8.31. The Bertz CT molecular complexity index is 1080. The Morgan fingerprint density at radius 1 is 0.731 bits per heavy atom. The summed E-state index contributed by atoms with van der Waals surface area (Å²) in [7, 11) is 0. The van der Waals surface area contributed by atoms with Crippen molar-refractivity contribution in [1.82, 2.24) is 15.0 Å². The SMILES string of the molecule is Clc1cccc(Nc2nccc(Nc3cccc4cccnc34)n2)c1Cl. The van der Waals surface area contributed by atoms with E-state index in [1.807, 2.05) is 36.4 Å². The van der Waals surface area contributed by atoms with Crippen LogP contribution in [0, 0.1) is 0 Å². The van der Waals surface area contributed by atoms with Gasteiger partial charge in [-0.2, -0.15) is 4.98 Å². The Morgan fingerprint density at radius 3 is 2.46 bits per heavy atom. The lowest BCUT2D eigenvalue weighted by Crippen LogP contribution is -2.01. The quantitative estimate of drug-likeness (QED) is 0.466. The lowest BCUT2D eigenvalue weighted by atomic mass is 10.2. The van der Waals surface area contributed by atoms with Gasteiger partial charge in [-0.3, -0.25) is 4.98 Å². The van der Waals surface area contributed by atoms with E-state index in [1.165, 1.54) is 0 Å². The van der Waals surface area contributed by atoms with Crippen LogP contribution in [0.2, 0.25) is 10.0 Å². The Kier molecular flexibility index (Phi) is 4.56. The van der Waals surface area contributed by atoms with E-state index in [1.54, 1.807) is 30.6 Å². The zero-order chi connectivity index (χ0) is 17.9. The highest BCUT2D eigenvalue weighted by atomic mass is 35.5. The van der Waals surface area contributed by atoms with Crippen LogP contribution in [0.1, 0.15) is 0 Å². The molecule has 0 atom stereocenters. The average Bonchev–Trinajstić information content (AvgIpc) is 2.66. The molecule has 0 aliphatic heterocycles. The lowest BCUT2D eigenvalue weighted by Gasteiger charge is -2.11. The van der Waals surface area contributed by atoms with Gasteiger partial charge in [0.2, 0.25) is 5.95 Å². The second kappa shape index (κ2) is 7.15. The number of aromatic nitrogens is 3. The standard InChI is InChI=1S/C19H13Cl2N5/c20-13-6-2-7-14(17(13)21)25-19-23-11-9-16(26-19)24-15-8-1-4-12-5-3-10-22-18(12)15/h1-11H,(H2,23,24,25,26). The van der Waals surface area contributed by atoms with E-state index >= 15 is 0 Å². The number of para-hydroxylation sites is 1. The van der Waals surface area contributed by atoms with Crippen molar-refractivity contribution in [1.29, 1.82) is 0 Å². The molecule has 0 fully saturated rings. The number of nitrogens with zero attached hydrogens (tertiary/aromatic N) is 3. The maximum atomic E-state index is 6.20. The van der Waals surface area contributed by atoms with Gasteiger partial charge in [0, 0.05) is 17.8 Å². The van der Waals surface area contributed by atoms with Crippen LogP contribution in [0.3, 0.4) is 0 Å². The van der Waals surface area contributed by atoms with Gasteiger partial charge in [-0.05, 0) is 30.3 Å². The number of rotatable bonds is 4. The number of fused-ring (bicyclic) bond motifs is 1. The van der Waals surface area contributed by atoms with Crippen molar-refractivity contribution in [3.63, 3.8) is 0 Å². The second-order valence-corrected chi connectivity index (χ2v) is 6.28. The third kappa shape index (κ3) is 3.40. The molecule has 0 bridgehead atoms. The third-order valence-electron chi connectivity index (χ3n) is 3.75. The zero-order valence-electron chi connectivity index (χ0n) is 13.4. The molecule has 2 heterocycles. The van der Waals surface area contributed by atoms with E-state index in [-0.39, 0.29) is 0 Å². The van der Waals surface area contributed by atoms with Gasteiger partial charge in [-0.15, -0.1) is 0 Å². The van der Waals surface area contributed by atoms with Gasteiger partial charge in [0.05, 0.1) is 26.9 Å². The van der Waals surface area contributed by atoms with E-state index in [9.17, 15) is 0 Å². The van der Waals surface area contributed by atoms with Crippen molar-refractivity contribution in [2.45, 2.75) is 0 Å². The topological polar surface area (TPSA) is 62.7 Å². The molecule has 7 heteroatoms. The normalized spacial score (nSPS) is 10.7. The predicted molar refractivity (Wildman–Crippen MR) is 107 cm³/mol. The first-order chi connectivity index (χ1) is 12.7. The number of hydrogen-bond donors (Lipinski definition) is 2. The minimum Gasteiger partial charge on any atom is -0.338 e. The fourth-order valence-electron chi connectivity index (χ4n) is 2.55. The van der Waals surface area contributed by atoms with Gasteiger partial charge in [-0.25, -0.2) is 4.98 Å². The van der Waals surface area contributed by atoms with Crippen LogP contribution in [0.4, 0.5) is 23.1 Å². The van der Waals surface area contributed by atoms with Crippen molar-refractivity contribution in [2.75, 3.05) is 10.6 Å². The summed E-state index contributed by atoms with van der Waals surface area (Å²) < 4.78 is 0. The summed E-state index contributed by atoms with van der Waals surface area (Å²) in [6.45, 7) is 0. The molecule has 2 aromatic heterocycles. The maximum absolute atomic E-state index is 6.20. The number of pyridine rings is 1. The van der Waals surface area contributed by atoms with E-state index in [0.717, 1.165) is 16.6 Å². The predicted octanol–water partition coefficient (Wildman–Crippen LogP) is 5.82. The Balaban J connectivity index is 1.62. The van der Waals surface area contributed by atoms with Gasteiger partial charge in [-0.1, -0.05) is 47.5 Å². The molecule has 5 nitrogen and oxygen atoms in total. The maximum Gasteiger partial charge on any atom is 0.229 e. The summed E-state index contributed by atoms with van der Waals surface area (Å²) in [4.78, 5) is 13.1. The lowest BCUT2D eigenvalue weighted by molar-refractivity contribution is 1.17. The summed E-state index contributed by atoms with van der Waals surface area (Å²) in [5.74, 6) is 1.05. The Morgan fingerprint density at radius 2 is 1.54 bits per heavy atom. The molecule has 0 saturated carbocycles. The van der Waals surface area contributed by atoms with Crippen LogP contribution in [0.15, 0.2) is 67.0 Å². The molecule has 26 heavy (non-hydrogen) atoms. The minimum absolute atomic E-state index is 0.410. The van der Waals surface area contributed by atoms with Crippen LogP contribution in [-0.2, 0) is 0 Å². The summed E-state index contributed by atoms with van der Waals surface area (Å²) in [5.41, 5.74) is 2.39. The minimum atomic E-state index is 0.410. The smallest absolute Gasteiger partial charge is 0.229 e. The molecular formula is C19H13Cl2N5. The summed E-state index contributed by atoms with van der Waals surface area (Å²) in [6.07, 6.45) is 3.43. The molecule has 0 spiro atoms. The van der Waals surface area contributed by atoms with E-state index < -0.39 is 0 Å². The van der Waals surface area contributed by atoms with Gasteiger partial charge in [0.1, 0.15) is 5.82 Å². The van der Waals surface area contributed by atoms with Crippen LogP contribution in [0.5, 0.6) is 0 Å². The first kappa shape index (κ1) is 16.6. The van der Waals surface area contributed by atoms with Crippen molar-refractivity contribution in [3.8, 4) is 0 Å². The van der Waals surface area contributed by atoms with Crippen LogP contribution in [0.25, 0.3) is 10.9 Å². The number of hydrogen-bond acceptors (Lipinski definition) is 5. The first-order valence-corrected chi connectivity index (χ1v) is 8.61. The fourth-order valence-corrected chi connectivity index (χ4v) is 2.90. The molecule has 2 N–H and O–H groups in total. The second-order valence-electron chi connectivity index (χ2n) is 5.50. The molecule has 2 aromatic carbocycles. The number of anilines is 4. The third-order valence-corrected chi connectivity index (χ3v) is 4.57. The van der Waals surface area contributed by atoms with Gasteiger partial charge < -0.3 is 10.6 Å². The monoisotopic (exact) mass is 381 g/mol. The van der Waals surface area contributed by atoms with E-state index in [2.05, 4.69) is 25.6 Å². The summed E-state index contributed by atoms with van der Waals surface area (Å²) in [6, 6.07) is 17.0. The first-order valence-electron chi connectivity index (χ1n) is 7.85. The van der Waals surface area contributed by atoms with Crippen molar-refractivity contribution < 1.29 is 0 Å². The average molecular weight is 382 g/mol. The van der Waals surface area contributed by atoms with E-state index in [4.69, 9.17) is 23.2 Å². The van der Waals surface area contributed by atoms with Crippen molar-refractivity contribution in [3.05, 3.63) is 77.0 Å². The Labute approximate surface area is 160 Å². The highest BCUT2D eigenvalue weighted by molar-refractivity contribution is 6.43. The largest absolute Gasteiger partial charge is 0.338 e. The van der Waals surface area contributed by atoms with Gasteiger partial charge >= 0.3 is 0 Å². The van der Waals surface area contributed by atoms with Gasteiger partial charge in [0.15, 0.2) is 0 Å². The highest BCUT2D eigenvalue weighted by Gasteiger charge is 2.08. The molecule has 4 rings (SSSR count). The Hall–Kier alpha value is -2.89. The number of benzene rings is 2. The number of halogens is 2. The van der Waals surface area contributed by atoms with Crippen LogP contribution < -0.4 is 10.6 Å². The molecule has 0 radical (unpaired) electrons. The fraction of sp³-hybridized carbons (Fsp3) is 0. The van der Waals surface area contributed by atoms with Crippen molar-refractivity contribution in [2.24, 2.45) is 0 Å². The molecule has 0 amide bonds. The highest BCUT2D eigenvalue weighted by Crippen LogP contribution is 2.31. The van der Waals surface area contributed by atoms with Crippen LogP contribution in [-0.4, -0.2) is 15.0 Å². The van der Waals surface area contributed by atoms with E-state index in [0.29, 0.717) is 27.5 Å².